The van der Waals surface area contributed by atoms with Gasteiger partial charge in [-0.3, -0.25) is 0 Å². The Hall–Kier alpha value is -1.51. The Morgan fingerprint density at radius 3 is 2.53 bits per heavy atom. The van der Waals surface area contributed by atoms with Crippen LogP contribution in [-0.4, -0.2) is 7.11 Å². The van der Waals surface area contributed by atoms with Gasteiger partial charge in [-0.25, -0.2) is 0 Å². The van der Waals surface area contributed by atoms with Crippen LogP contribution in [0.25, 0.3) is 10.8 Å². The maximum absolute atomic E-state index is 6.61. The lowest BCUT2D eigenvalue weighted by molar-refractivity contribution is 0.419. The van der Waals surface area contributed by atoms with Crippen molar-refractivity contribution < 1.29 is 4.74 Å². The molecule has 0 radical (unpaired) electrons. The molecule has 96 valence electrons. The van der Waals surface area contributed by atoms with E-state index in [2.05, 4.69) is 35.0 Å². The molecule has 3 heteroatoms. The van der Waals surface area contributed by atoms with Crippen molar-refractivity contribution in [1.82, 2.24) is 0 Å². The number of methoxy groups -OCH3 is 1. The highest BCUT2D eigenvalue weighted by atomic mass is 35.5. The average Bonchev–Trinajstić information content (AvgIpc) is 2.99. The van der Waals surface area contributed by atoms with Crippen LogP contribution in [0.3, 0.4) is 0 Å². The van der Waals surface area contributed by atoms with Gasteiger partial charge in [-0.15, -0.1) is 11.6 Å². The second-order valence-corrected chi connectivity index (χ2v) is 5.54. The number of benzene rings is 2. The Balaban J connectivity index is 2.20. The molecule has 0 spiro atoms. The van der Waals surface area contributed by atoms with E-state index in [9.17, 15) is 0 Å². The average molecular weight is 289 g/mol. The van der Waals surface area contributed by atoms with Crippen molar-refractivity contribution in [2.24, 2.45) is 0 Å². The molecule has 3 aromatic rings. The first-order chi connectivity index (χ1) is 9.31. The Kier molecular flexibility index (Phi) is 3.45. The molecule has 2 aromatic carbocycles. The molecule has 0 aliphatic rings. The van der Waals surface area contributed by atoms with Gasteiger partial charge in [0, 0.05) is 5.39 Å². The van der Waals surface area contributed by atoms with Gasteiger partial charge in [0.2, 0.25) is 0 Å². The zero-order valence-electron chi connectivity index (χ0n) is 10.5. The van der Waals surface area contributed by atoms with E-state index in [0.29, 0.717) is 0 Å². The first kappa shape index (κ1) is 12.5. The Morgan fingerprint density at radius 2 is 1.84 bits per heavy atom. The maximum Gasteiger partial charge on any atom is 0.126 e. The van der Waals surface area contributed by atoms with E-state index in [0.717, 1.165) is 27.6 Å². The molecule has 1 aromatic heterocycles. The molecule has 0 aliphatic heterocycles. The molecule has 0 aliphatic carbocycles. The van der Waals surface area contributed by atoms with Crippen LogP contribution in [0.15, 0.2) is 53.2 Å². The molecule has 1 nitrogen and oxygen atoms in total. The molecule has 0 saturated carbocycles. The Bertz CT molecular complexity index is 691. The van der Waals surface area contributed by atoms with Crippen molar-refractivity contribution in [3.63, 3.8) is 0 Å². The van der Waals surface area contributed by atoms with E-state index in [1.807, 2.05) is 18.2 Å². The van der Waals surface area contributed by atoms with E-state index < -0.39 is 0 Å². The molecular formula is C16H13ClOS. The fourth-order valence-corrected chi connectivity index (χ4v) is 3.38. The molecule has 1 unspecified atom stereocenters. The first-order valence-electron chi connectivity index (χ1n) is 6.03. The van der Waals surface area contributed by atoms with Gasteiger partial charge >= 0.3 is 0 Å². The van der Waals surface area contributed by atoms with Crippen LogP contribution in [0.2, 0.25) is 0 Å². The highest BCUT2D eigenvalue weighted by molar-refractivity contribution is 7.08. The van der Waals surface area contributed by atoms with Gasteiger partial charge in [0.05, 0.1) is 12.5 Å². The lowest BCUT2D eigenvalue weighted by atomic mass is 9.98. The van der Waals surface area contributed by atoms with E-state index in [-0.39, 0.29) is 5.38 Å². The summed E-state index contributed by atoms with van der Waals surface area (Å²) in [6.07, 6.45) is 0. The summed E-state index contributed by atoms with van der Waals surface area (Å²) in [5.74, 6) is 0.883. The smallest absolute Gasteiger partial charge is 0.126 e. The molecule has 0 N–H and O–H groups in total. The summed E-state index contributed by atoms with van der Waals surface area (Å²) in [7, 11) is 1.69. The zero-order chi connectivity index (χ0) is 13.2. The van der Waals surface area contributed by atoms with Gasteiger partial charge in [-0.2, -0.15) is 11.3 Å². The quantitative estimate of drug-likeness (QED) is 0.599. The number of rotatable bonds is 3. The van der Waals surface area contributed by atoms with E-state index in [1.54, 1.807) is 18.4 Å². The van der Waals surface area contributed by atoms with Crippen LogP contribution >= 0.6 is 22.9 Å². The number of ether oxygens (including phenoxy) is 1. The van der Waals surface area contributed by atoms with E-state index >= 15 is 0 Å². The number of hydrogen-bond acceptors (Lipinski definition) is 2. The minimum atomic E-state index is -0.123. The number of fused-ring (bicyclic) bond motifs is 1. The molecule has 19 heavy (non-hydrogen) atoms. The van der Waals surface area contributed by atoms with Crippen LogP contribution in [-0.2, 0) is 0 Å². The van der Waals surface area contributed by atoms with Crippen molar-refractivity contribution in [3.05, 3.63) is 64.4 Å². The Labute approximate surface area is 121 Å². The van der Waals surface area contributed by atoms with Crippen LogP contribution in [0.1, 0.15) is 16.5 Å². The van der Waals surface area contributed by atoms with Gasteiger partial charge in [-0.05, 0) is 39.4 Å². The summed E-state index contributed by atoms with van der Waals surface area (Å²) in [5, 5.41) is 6.27. The van der Waals surface area contributed by atoms with E-state index in [1.165, 1.54) is 0 Å². The minimum Gasteiger partial charge on any atom is -0.496 e. The second-order valence-electron chi connectivity index (χ2n) is 4.32. The first-order valence-corrected chi connectivity index (χ1v) is 7.41. The number of thiophene rings is 1. The largest absolute Gasteiger partial charge is 0.496 e. The van der Waals surface area contributed by atoms with Crippen LogP contribution in [0.4, 0.5) is 0 Å². The minimum absolute atomic E-state index is 0.123. The van der Waals surface area contributed by atoms with Crippen LogP contribution < -0.4 is 4.74 Å². The molecule has 0 fully saturated rings. The summed E-state index contributed by atoms with van der Waals surface area (Å²) in [6, 6.07) is 14.3. The molecule has 0 amide bonds. The summed E-state index contributed by atoms with van der Waals surface area (Å²) in [5.41, 5.74) is 2.26. The van der Waals surface area contributed by atoms with Crippen molar-refractivity contribution in [2.75, 3.05) is 7.11 Å². The third-order valence-corrected chi connectivity index (χ3v) is 4.44. The number of hydrogen-bond donors (Lipinski definition) is 0. The zero-order valence-corrected chi connectivity index (χ0v) is 12.0. The summed E-state index contributed by atoms with van der Waals surface area (Å²) < 4.78 is 5.41. The monoisotopic (exact) mass is 288 g/mol. The number of alkyl halides is 1. The highest BCUT2D eigenvalue weighted by Crippen LogP contribution is 2.37. The van der Waals surface area contributed by atoms with Gasteiger partial charge < -0.3 is 4.74 Å². The summed E-state index contributed by atoms with van der Waals surface area (Å²) in [6.45, 7) is 0. The molecule has 0 bridgehead atoms. The SMILES string of the molecule is COc1ccc(C(Cl)c2ccsc2)c2ccccc12. The van der Waals surface area contributed by atoms with Crippen LogP contribution in [0.5, 0.6) is 5.75 Å². The third kappa shape index (κ3) is 2.22. The fourth-order valence-electron chi connectivity index (χ4n) is 2.29. The van der Waals surface area contributed by atoms with Gasteiger partial charge in [0.15, 0.2) is 0 Å². The fraction of sp³-hybridized carbons (Fsp3) is 0.125. The molecule has 3 rings (SSSR count). The normalized spacial score (nSPS) is 12.5. The highest BCUT2D eigenvalue weighted by Gasteiger charge is 2.15. The lowest BCUT2D eigenvalue weighted by Gasteiger charge is -2.14. The second kappa shape index (κ2) is 5.24. The standard InChI is InChI=1S/C16H13ClOS/c1-18-15-7-6-14(12-4-2-3-5-13(12)15)16(17)11-8-9-19-10-11/h2-10,16H,1H3. The molecular weight excluding hydrogens is 276 g/mol. The molecule has 1 heterocycles. The molecule has 1 atom stereocenters. The predicted octanol–water partition coefficient (Wildman–Crippen LogP) is 5.24. The summed E-state index contributed by atoms with van der Waals surface area (Å²) in [4.78, 5) is 0. The van der Waals surface area contributed by atoms with Crippen molar-refractivity contribution in [1.29, 1.82) is 0 Å². The third-order valence-electron chi connectivity index (χ3n) is 3.25. The molecule has 0 saturated heterocycles. The summed E-state index contributed by atoms with van der Waals surface area (Å²) >= 11 is 8.28. The van der Waals surface area contributed by atoms with Crippen molar-refractivity contribution in [2.45, 2.75) is 5.38 Å². The topological polar surface area (TPSA) is 9.23 Å². The predicted molar refractivity (Wildman–Crippen MR) is 82.5 cm³/mol. The van der Waals surface area contributed by atoms with Crippen molar-refractivity contribution >= 4 is 33.7 Å². The van der Waals surface area contributed by atoms with E-state index in [4.69, 9.17) is 16.3 Å². The number of halogens is 1. The Morgan fingerprint density at radius 1 is 1.05 bits per heavy atom. The van der Waals surface area contributed by atoms with Gasteiger partial charge in [0.25, 0.3) is 0 Å². The van der Waals surface area contributed by atoms with Crippen molar-refractivity contribution in [3.8, 4) is 5.75 Å². The van der Waals surface area contributed by atoms with Gasteiger partial charge in [0.1, 0.15) is 5.75 Å². The van der Waals surface area contributed by atoms with Gasteiger partial charge in [-0.1, -0.05) is 30.3 Å². The van der Waals surface area contributed by atoms with Crippen LogP contribution in [0, 0.1) is 0 Å². The maximum atomic E-state index is 6.61. The lowest BCUT2D eigenvalue weighted by Crippen LogP contribution is -1.94.